The molecule has 3 nitrogen and oxygen atoms in total. The lowest BCUT2D eigenvalue weighted by atomic mass is 10.0. The summed E-state index contributed by atoms with van der Waals surface area (Å²) >= 11 is 3.63. The molecule has 0 bridgehead atoms. The second-order valence-corrected chi connectivity index (χ2v) is 5.96. The van der Waals surface area contributed by atoms with Crippen LogP contribution < -0.4 is 9.47 Å². The molecule has 3 aromatic rings. The lowest BCUT2D eigenvalue weighted by molar-refractivity contribution is 0.0515. The van der Waals surface area contributed by atoms with Crippen molar-refractivity contribution in [3.63, 3.8) is 0 Å². The molecule has 0 saturated heterocycles. The van der Waals surface area contributed by atoms with Crippen LogP contribution in [0.25, 0.3) is 11.1 Å². The second-order valence-electron chi connectivity index (χ2n) is 5.10. The molecular formula is C20H17BrO3. The maximum atomic E-state index is 5.86. The molecule has 0 unspecified atom stereocenters. The van der Waals surface area contributed by atoms with Crippen LogP contribution in [0.2, 0.25) is 0 Å². The highest BCUT2D eigenvalue weighted by molar-refractivity contribution is 9.10. The molecule has 0 saturated carbocycles. The topological polar surface area (TPSA) is 27.7 Å². The van der Waals surface area contributed by atoms with E-state index in [-0.39, 0.29) is 6.79 Å². The van der Waals surface area contributed by atoms with E-state index in [0.29, 0.717) is 0 Å². The van der Waals surface area contributed by atoms with Gasteiger partial charge in [0.25, 0.3) is 0 Å². The smallest absolute Gasteiger partial charge is 0.188 e. The largest absolute Gasteiger partial charge is 0.467 e. The monoisotopic (exact) mass is 384 g/mol. The zero-order valence-corrected chi connectivity index (χ0v) is 14.8. The number of hydrogen-bond acceptors (Lipinski definition) is 3. The Morgan fingerprint density at radius 3 is 2.29 bits per heavy atom. The van der Waals surface area contributed by atoms with Crippen LogP contribution in [0.15, 0.2) is 77.3 Å². The summed E-state index contributed by atoms with van der Waals surface area (Å²) in [5, 5.41) is 0. The van der Waals surface area contributed by atoms with Gasteiger partial charge in [-0.15, -0.1) is 0 Å². The van der Waals surface area contributed by atoms with E-state index in [0.717, 1.165) is 32.8 Å². The first-order valence-electron chi connectivity index (χ1n) is 7.51. The van der Waals surface area contributed by atoms with Crippen molar-refractivity contribution in [2.45, 2.75) is 0 Å². The minimum atomic E-state index is 0.212. The van der Waals surface area contributed by atoms with Crippen LogP contribution in [0.3, 0.4) is 0 Å². The molecule has 0 amide bonds. The summed E-state index contributed by atoms with van der Waals surface area (Å²) in [7, 11) is 1.61. The van der Waals surface area contributed by atoms with Crippen molar-refractivity contribution < 1.29 is 14.2 Å². The first-order valence-corrected chi connectivity index (χ1v) is 8.31. The number of ether oxygens (including phenoxy) is 3. The highest BCUT2D eigenvalue weighted by Crippen LogP contribution is 2.37. The quantitative estimate of drug-likeness (QED) is 0.495. The summed E-state index contributed by atoms with van der Waals surface area (Å²) in [5.41, 5.74) is 2.02. The SMILES string of the molecule is COCOc1ccccc1-c1ccc(Oc2ccccc2)cc1Br. The standard InChI is InChI=1S/C20H17BrO3/c1-22-14-23-20-10-6-5-9-18(20)17-12-11-16(13-19(17)21)24-15-7-3-2-4-8-15/h2-13H,14H2,1H3. The molecule has 4 heteroatoms. The fourth-order valence-electron chi connectivity index (χ4n) is 2.34. The molecule has 0 atom stereocenters. The molecule has 0 aromatic heterocycles. The Labute approximate surface area is 149 Å². The van der Waals surface area contributed by atoms with Crippen LogP contribution in [-0.4, -0.2) is 13.9 Å². The normalized spacial score (nSPS) is 10.4. The number of rotatable bonds is 6. The summed E-state index contributed by atoms with van der Waals surface area (Å²) in [6, 6.07) is 23.5. The highest BCUT2D eigenvalue weighted by atomic mass is 79.9. The highest BCUT2D eigenvalue weighted by Gasteiger charge is 2.10. The first kappa shape index (κ1) is 16.6. The van der Waals surface area contributed by atoms with Crippen molar-refractivity contribution in [3.05, 3.63) is 77.3 Å². The van der Waals surface area contributed by atoms with Gasteiger partial charge in [-0.2, -0.15) is 0 Å². The fraction of sp³-hybridized carbons (Fsp3) is 0.100. The van der Waals surface area contributed by atoms with E-state index >= 15 is 0 Å². The average Bonchev–Trinajstić information content (AvgIpc) is 2.61. The van der Waals surface area contributed by atoms with Gasteiger partial charge in [-0.25, -0.2) is 0 Å². The van der Waals surface area contributed by atoms with Crippen molar-refractivity contribution in [1.29, 1.82) is 0 Å². The van der Waals surface area contributed by atoms with Crippen LogP contribution in [0, 0.1) is 0 Å². The van der Waals surface area contributed by atoms with Crippen molar-refractivity contribution in [1.82, 2.24) is 0 Å². The van der Waals surface area contributed by atoms with E-state index in [9.17, 15) is 0 Å². The lowest BCUT2D eigenvalue weighted by Crippen LogP contribution is -2.00. The van der Waals surface area contributed by atoms with Crippen LogP contribution in [0.1, 0.15) is 0 Å². The van der Waals surface area contributed by atoms with E-state index in [1.807, 2.05) is 72.8 Å². The predicted molar refractivity (Wildman–Crippen MR) is 98.6 cm³/mol. The summed E-state index contributed by atoms with van der Waals surface area (Å²) in [5.74, 6) is 2.35. The molecule has 0 fully saturated rings. The fourth-order valence-corrected chi connectivity index (χ4v) is 2.91. The number of benzene rings is 3. The van der Waals surface area contributed by atoms with E-state index in [4.69, 9.17) is 14.2 Å². The maximum absolute atomic E-state index is 5.86. The van der Waals surface area contributed by atoms with Crippen molar-refractivity contribution >= 4 is 15.9 Å². The minimum Gasteiger partial charge on any atom is -0.467 e. The molecule has 122 valence electrons. The van der Waals surface area contributed by atoms with Gasteiger partial charge in [-0.3, -0.25) is 0 Å². The molecule has 0 aliphatic rings. The van der Waals surface area contributed by atoms with Crippen molar-refractivity contribution in [2.75, 3.05) is 13.9 Å². The van der Waals surface area contributed by atoms with E-state index in [2.05, 4.69) is 15.9 Å². The van der Waals surface area contributed by atoms with Gasteiger partial charge in [0.2, 0.25) is 0 Å². The molecule has 0 radical (unpaired) electrons. The van der Waals surface area contributed by atoms with Gasteiger partial charge in [0.15, 0.2) is 6.79 Å². The number of hydrogen-bond donors (Lipinski definition) is 0. The second kappa shape index (κ2) is 7.99. The zero-order valence-electron chi connectivity index (χ0n) is 13.2. The molecule has 0 aliphatic carbocycles. The third-order valence-corrected chi connectivity index (χ3v) is 4.09. The Hall–Kier alpha value is -2.30. The van der Waals surface area contributed by atoms with Gasteiger partial charge in [-0.1, -0.05) is 52.3 Å². The zero-order chi connectivity index (χ0) is 16.8. The molecule has 24 heavy (non-hydrogen) atoms. The molecule has 3 aromatic carbocycles. The van der Waals surface area contributed by atoms with E-state index in [1.54, 1.807) is 7.11 Å². The van der Waals surface area contributed by atoms with Crippen LogP contribution in [0.4, 0.5) is 0 Å². The van der Waals surface area contributed by atoms with Crippen molar-refractivity contribution in [2.24, 2.45) is 0 Å². The van der Waals surface area contributed by atoms with E-state index < -0.39 is 0 Å². The van der Waals surface area contributed by atoms with Gasteiger partial charge in [0, 0.05) is 17.1 Å². The first-order chi connectivity index (χ1) is 11.8. The number of methoxy groups -OCH3 is 1. The van der Waals surface area contributed by atoms with Crippen LogP contribution in [-0.2, 0) is 4.74 Å². The Morgan fingerprint density at radius 2 is 1.54 bits per heavy atom. The minimum absolute atomic E-state index is 0.212. The van der Waals surface area contributed by atoms with Crippen LogP contribution >= 0.6 is 15.9 Å². The van der Waals surface area contributed by atoms with Gasteiger partial charge in [-0.05, 0) is 42.0 Å². The molecule has 0 N–H and O–H groups in total. The lowest BCUT2D eigenvalue weighted by Gasteiger charge is -2.13. The Kier molecular flexibility index (Phi) is 5.51. The molecule has 3 rings (SSSR count). The Morgan fingerprint density at radius 1 is 0.792 bits per heavy atom. The molecule has 0 aliphatic heterocycles. The average molecular weight is 385 g/mol. The Bertz CT molecular complexity index is 803. The van der Waals surface area contributed by atoms with Crippen molar-refractivity contribution in [3.8, 4) is 28.4 Å². The molecule has 0 spiro atoms. The van der Waals surface area contributed by atoms with Gasteiger partial charge >= 0.3 is 0 Å². The Balaban J connectivity index is 1.88. The van der Waals surface area contributed by atoms with Gasteiger partial charge < -0.3 is 14.2 Å². The third kappa shape index (κ3) is 3.96. The van der Waals surface area contributed by atoms with Gasteiger partial charge in [0.1, 0.15) is 17.2 Å². The number of halogens is 1. The van der Waals surface area contributed by atoms with E-state index in [1.165, 1.54) is 0 Å². The summed E-state index contributed by atoms with van der Waals surface area (Å²) < 4.78 is 17.4. The maximum Gasteiger partial charge on any atom is 0.188 e. The third-order valence-electron chi connectivity index (χ3n) is 3.43. The van der Waals surface area contributed by atoms with Gasteiger partial charge in [0.05, 0.1) is 0 Å². The predicted octanol–water partition coefficient (Wildman–Crippen LogP) is 5.89. The summed E-state index contributed by atoms with van der Waals surface area (Å²) in [6.45, 7) is 0.212. The number of para-hydroxylation sites is 2. The summed E-state index contributed by atoms with van der Waals surface area (Å²) in [6.07, 6.45) is 0. The van der Waals surface area contributed by atoms with Crippen LogP contribution in [0.5, 0.6) is 17.2 Å². The molecular weight excluding hydrogens is 368 g/mol. The molecule has 0 heterocycles. The summed E-state index contributed by atoms with van der Waals surface area (Å²) in [4.78, 5) is 0.